The fraction of sp³-hybridized carbons (Fsp3) is 0.316. The average molecular weight is 408 g/mol. The van der Waals surface area contributed by atoms with Crippen LogP contribution in [-0.2, 0) is 26.3 Å². The number of carbonyl (C=O) groups is 1. The number of hydrogen-bond acceptors (Lipinski definition) is 5. The number of aromatic nitrogens is 3. The molecule has 0 spiro atoms. The predicted molar refractivity (Wildman–Crippen MR) is 96.2 cm³/mol. The number of halogens is 3. The summed E-state index contributed by atoms with van der Waals surface area (Å²) in [7, 11) is 3.46. The number of oxazole rings is 1. The standard InChI is InChI=1S/C19H19F3N4O3/c1-25(7-6-13-9-23-26(2)10-13)18(27)16-11-29-17(24-16)12-28-15-5-3-4-14(8-15)19(20,21)22/h3-5,8-11H,6-7,12H2,1-2H3. The van der Waals surface area contributed by atoms with Crippen LogP contribution in [0.15, 0.2) is 47.3 Å². The molecule has 0 radical (unpaired) electrons. The highest BCUT2D eigenvalue weighted by molar-refractivity contribution is 5.91. The molecular weight excluding hydrogens is 389 g/mol. The number of benzene rings is 1. The van der Waals surface area contributed by atoms with Crippen molar-refractivity contribution in [2.75, 3.05) is 13.6 Å². The van der Waals surface area contributed by atoms with Crippen LogP contribution in [0.25, 0.3) is 0 Å². The second-order valence-electron chi connectivity index (χ2n) is 6.44. The summed E-state index contributed by atoms with van der Waals surface area (Å²) in [5.74, 6) is -0.214. The lowest BCUT2D eigenvalue weighted by atomic mass is 10.2. The molecule has 29 heavy (non-hydrogen) atoms. The maximum atomic E-state index is 12.7. The van der Waals surface area contributed by atoms with Crippen LogP contribution in [0.1, 0.15) is 27.5 Å². The molecule has 7 nitrogen and oxygen atoms in total. The van der Waals surface area contributed by atoms with Gasteiger partial charge in [-0.3, -0.25) is 9.48 Å². The summed E-state index contributed by atoms with van der Waals surface area (Å²) in [6.45, 7) is 0.265. The van der Waals surface area contributed by atoms with Gasteiger partial charge in [-0.1, -0.05) is 6.07 Å². The van der Waals surface area contributed by atoms with Gasteiger partial charge in [0.1, 0.15) is 12.0 Å². The monoisotopic (exact) mass is 408 g/mol. The largest absolute Gasteiger partial charge is 0.484 e. The number of nitrogens with zero attached hydrogens (tertiary/aromatic N) is 4. The minimum Gasteiger partial charge on any atom is -0.484 e. The minimum atomic E-state index is -4.46. The molecule has 0 aliphatic rings. The van der Waals surface area contributed by atoms with E-state index in [9.17, 15) is 18.0 Å². The van der Waals surface area contributed by atoms with Crippen molar-refractivity contribution >= 4 is 5.91 Å². The second kappa shape index (κ2) is 8.38. The van der Waals surface area contributed by atoms with Gasteiger partial charge >= 0.3 is 6.18 Å². The van der Waals surface area contributed by atoms with Gasteiger partial charge in [0.25, 0.3) is 5.91 Å². The lowest BCUT2D eigenvalue weighted by molar-refractivity contribution is -0.137. The molecule has 0 fully saturated rings. The number of likely N-dealkylation sites (N-methyl/N-ethyl adjacent to an activating group) is 1. The van der Waals surface area contributed by atoms with Crippen LogP contribution in [-0.4, -0.2) is 39.2 Å². The number of rotatable bonds is 7. The van der Waals surface area contributed by atoms with Crippen molar-refractivity contribution in [1.29, 1.82) is 0 Å². The molecule has 154 valence electrons. The van der Waals surface area contributed by atoms with Gasteiger partial charge in [0.2, 0.25) is 5.89 Å². The molecule has 10 heteroatoms. The van der Waals surface area contributed by atoms with E-state index in [1.807, 2.05) is 13.2 Å². The highest BCUT2D eigenvalue weighted by Gasteiger charge is 2.30. The summed E-state index contributed by atoms with van der Waals surface area (Å²) in [4.78, 5) is 18.0. The number of aryl methyl sites for hydroxylation is 1. The zero-order chi connectivity index (χ0) is 21.0. The van der Waals surface area contributed by atoms with Crippen molar-refractivity contribution in [3.63, 3.8) is 0 Å². The van der Waals surface area contributed by atoms with E-state index < -0.39 is 11.7 Å². The third kappa shape index (κ3) is 5.37. The van der Waals surface area contributed by atoms with Gasteiger partial charge in [-0.15, -0.1) is 0 Å². The molecule has 0 N–H and O–H groups in total. The molecule has 0 aliphatic heterocycles. The third-order valence-corrected chi connectivity index (χ3v) is 4.14. The van der Waals surface area contributed by atoms with Crippen LogP contribution in [0.3, 0.4) is 0 Å². The molecule has 1 amide bonds. The van der Waals surface area contributed by atoms with Gasteiger partial charge in [-0.05, 0) is 30.2 Å². The molecule has 1 aromatic carbocycles. The first-order valence-corrected chi connectivity index (χ1v) is 8.70. The van der Waals surface area contributed by atoms with E-state index in [-0.39, 0.29) is 29.8 Å². The predicted octanol–water partition coefficient (Wildman–Crippen LogP) is 3.32. The Kier molecular flexibility index (Phi) is 5.90. The maximum absolute atomic E-state index is 12.7. The molecule has 3 aromatic rings. The number of carbonyl (C=O) groups excluding carboxylic acids is 1. The molecule has 0 aliphatic carbocycles. The number of hydrogen-bond donors (Lipinski definition) is 0. The summed E-state index contributed by atoms with van der Waals surface area (Å²) in [5.41, 5.74) is 0.289. The Balaban J connectivity index is 1.55. The first kappa shape index (κ1) is 20.4. The Morgan fingerprint density at radius 1 is 1.34 bits per heavy atom. The first-order valence-electron chi connectivity index (χ1n) is 8.70. The zero-order valence-corrected chi connectivity index (χ0v) is 15.8. The lowest BCUT2D eigenvalue weighted by Crippen LogP contribution is -2.29. The highest BCUT2D eigenvalue weighted by Crippen LogP contribution is 2.31. The quantitative estimate of drug-likeness (QED) is 0.600. The van der Waals surface area contributed by atoms with Crippen molar-refractivity contribution < 1.29 is 27.1 Å². The van der Waals surface area contributed by atoms with E-state index in [0.717, 1.165) is 17.7 Å². The van der Waals surface area contributed by atoms with E-state index in [2.05, 4.69) is 10.1 Å². The molecule has 0 unspecified atom stereocenters. The Morgan fingerprint density at radius 2 is 2.14 bits per heavy atom. The molecule has 0 saturated carbocycles. The summed E-state index contributed by atoms with van der Waals surface area (Å²) >= 11 is 0. The van der Waals surface area contributed by atoms with Crippen LogP contribution in [0.2, 0.25) is 0 Å². The fourth-order valence-corrected chi connectivity index (χ4v) is 2.58. The van der Waals surface area contributed by atoms with Crippen molar-refractivity contribution in [3.05, 3.63) is 65.6 Å². The van der Waals surface area contributed by atoms with Crippen LogP contribution < -0.4 is 4.74 Å². The van der Waals surface area contributed by atoms with Crippen LogP contribution >= 0.6 is 0 Å². The molecule has 2 aromatic heterocycles. The number of alkyl halides is 3. The number of ether oxygens (including phenoxy) is 1. The molecule has 0 bridgehead atoms. The smallest absolute Gasteiger partial charge is 0.416 e. The third-order valence-electron chi connectivity index (χ3n) is 4.14. The summed E-state index contributed by atoms with van der Waals surface area (Å²) in [6, 6.07) is 4.49. The molecule has 0 atom stereocenters. The summed E-state index contributed by atoms with van der Waals surface area (Å²) < 4.78 is 50.4. The van der Waals surface area contributed by atoms with E-state index in [1.54, 1.807) is 17.9 Å². The van der Waals surface area contributed by atoms with E-state index in [4.69, 9.17) is 9.15 Å². The fourth-order valence-electron chi connectivity index (χ4n) is 2.58. The molecular formula is C19H19F3N4O3. The Bertz CT molecular complexity index is 981. The Hall–Kier alpha value is -3.30. The lowest BCUT2D eigenvalue weighted by Gasteiger charge is -2.14. The van der Waals surface area contributed by atoms with Gasteiger partial charge in [0.15, 0.2) is 12.3 Å². The van der Waals surface area contributed by atoms with Crippen LogP contribution in [0.4, 0.5) is 13.2 Å². The maximum Gasteiger partial charge on any atom is 0.416 e. The average Bonchev–Trinajstić information content (AvgIpc) is 3.32. The molecule has 2 heterocycles. The molecule has 0 saturated heterocycles. The van der Waals surface area contributed by atoms with E-state index in [1.165, 1.54) is 23.3 Å². The number of amides is 1. The van der Waals surface area contributed by atoms with Gasteiger partial charge in [-0.2, -0.15) is 18.3 Å². The van der Waals surface area contributed by atoms with Crippen LogP contribution in [0.5, 0.6) is 5.75 Å². The minimum absolute atomic E-state index is 0.0273. The van der Waals surface area contributed by atoms with Crippen molar-refractivity contribution in [1.82, 2.24) is 19.7 Å². The first-order chi connectivity index (χ1) is 13.7. The zero-order valence-electron chi connectivity index (χ0n) is 15.8. The van der Waals surface area contributed by atoms with E-state index >= 15 is 0 Å². The van der Waals surface area contributed by atoms with Crippen molar-refractivity contribution in [2.24, 2.45) is 7.05 Å². The Labute approximate surface area is 164 Å². The van der Waals surface area contributed by atoms with Gasteiger partial charge in [0, 0.05) is 26.8 Å². The summed E-state index contributed by atoms with van der Waals surface area (Å²) in [6.07, 6.45) is 0.991. The van der Waals surface area contributed by atoms with Gasteiger partial charge in [0.05, 0.1) is 11.8 Å². The normalized spacial score (nSPS) is 11.5. The van der Waals surface area contributed by atoms with E-state index in [0.29, 0.717) is 13.0 Å². The molecule has 3 rings (SSSR count). The van der Waals surface area contributed by atoms with Gasteiger partial charge in [-0.25, -0.2) is 4.98 Å². The van der Waals surface area contributed by atoms with Crippen molar-refractivity contribution in [3.8, 4) is 5.75 Å². The topological polar surface area (TPSA) is 73.4 Å². The van der Waals surface area contributed by atoms with Crippen LogP contribution in [0, 0.1) is 0 Å². The SMILES string of the molecule is CN(CCc1cnn(C)c1)C(=O)c1coc(COc2cccc(C(F)(F)F)c2)n1. The highest BCUT2D eigenvalue weighted by atomic mass is 19.4. The van der Waals surface area contributed by atoms with Gasteiger partial charge < -0.3 is 14.1 Å². The van der Waals surface area contributed by atoms with Crippen molar-refractivity contribution in [2.45, 2.75) is 19.2 Å². The Morgan fingerprint density at radius 3 is 2.83 bits per heavy atom. The summed E-state index contributed by atoms with van der Waals surface area (Å²) in [5, 5.41) is 4.07. The second-order valence-corrected chi connectivity index (χ2v) is 6.44.